The number of hydrogen-bond acceptors (Lipinski definition) is 4. The molecule has 0 heterocycles. The first-order valence-electron chi connectivity index (χ1n) is 15.6. The minimum absolute atomic E-state index is 0.0308. The summed E-state index contributed by atoms with van der Waals surface area (Å²) < 4.78 is 5.94. The molecule has 0 radical (unpaired) electrons. The van der Waals surface area contributed by atoms with Crippen LogP contribution in [0.15, 0.2) is 0 Å². The first-order chi connectivity index (χ1) is 17.2. The highest BCUT2D eigenvalue weighted by atomic mass is 16.5. The van der Waals surface area contributed by atoms with Gasteiger partial charge in [-0.15, -0.1) is 0 Å². The van der Waals surface area contributed by atoms with Crippen molar-refractivity contribution in [3.63, 3.8) is 0 Å². The van der Waals surface area contributed by atoms with Crippen molar-refractivity contribution < 1.29 is 14.3 Å². The van der Waals surface area contributed by atoms with Crippen LogP contribution in [0.2, 0.25) is 0 Å². The van der Waals surface area contributed by atoms with E-state index >= 15 is 0 Å². The van der Waals surface area contributed by atoms with Crippen LogP contribution in [0.4, 0.5) is 0 Å². The van der Waals surface area contributed by atoms with Gasteiger partial charge in [-0.1, -0.05) is 104 Å². The van der Waals surface area contributed by atoms with Crippen molar-refractivity contribution in [3.8, 4) is 0 Å². The molecule has 0 aliphatic rings. The summed E-state index contributed by atoms with van der Waals surface area (Å²) in [5.74, 6) is 0.0308. The predicted molar refractivity (Wildman–Crippen MR) is 151 cm³/mol. The molecule has 35 heavy (non-hydrogen) atoms. The molecule has 0 aromatic rings. The van der Waals surface area contributed by atoms with Gasteiger partial charge in [-0.3, -0.25) is 4.79 Å². The number of ether oxygens (including phenoxy) is 1. The van der Waals surface area contributed by atoms with Gasteiger partial charge in [0.15, 0.2) is 0 Å². The van der Waals surface area contributed by atoms with Gasteiger partial charge in [-0.05, 0) is 64.5 Å². The van der Waals surface area contributed by atoms with Crippen molar-refractivity contribution in [1.82, 2.24) is 5.32 Å². The van der Waals surface area contributed by atoms with E-state index in [9.17, 15) is 9.59 Å². The number of carbonyl (C=O) groups excluding carboxylic acids is 2. The van der Waals surface area contributed by atoms with Gasteiger partial charge in [0.2, 0.25) is 0 Å². The Morgan fingerprint density at radius 1 is 0.629 bits per heavy atom. The molecule has 0 saturated carbocycles. The Hall–Kier alpha value is -0.900. The van der Waals surface area contributed by atoms with E-state index in [0.29, 0.717) is 12.8 Å². The highest BCUT2D eigenvalue weighted by Gasteiger charge is 2.14. The molecular formula is C31H61NO3. The standard InChI is InChI=1S/C31H61NO3/c1-3-5-7-9-12-18-24-30(25-19-13-10-8-6-4-2)35-31(34)26-20-14-11-15-21-27-32-28-22-16-17-23-29-33/h29-30,32H,3-28H2,1-2H3. The van der Waals surface area contributed by atoms with E-state index in [1.54, 1.807) is 0 Å². The molecule has 0 aliphatic heterocycles. The molecule has 0 aliphatic carbocycles. The lowest BCUT2D eigenvalue weighted by Gasteiger charge is -2.18. The first-order valence-corrected chi connectivity index (χ1v) is 15.6. The van der Waals surface area contributed by atoms with Crippen molar-refractivity contribution >= 4 is 12.3 Å². The Balaban J connectivity index is 3.84. The van der Waals surface area contributed by atoms with E-state index in [4.69, 9.17) is 4.74 Å². The summed E-state index contributed by atoms with van der Waals surface area (Å²) in [4.78, 5) is 22.7. The van der Waals surface area contributed by atoms with E-state index in [0.717, 1.165) is 64.3 Å². The summed E-state index contributed by atoms with van der Waals surface area (Å²) >= 11 is 0. The van der Waals surface area contributed by atoms with E-state index in [1.807, 2.05) is 0 Å². The van der Waals surface area contributed by atoms with Gasteiger partial charge in [0, 0.05) is 12.8 Å². The van der Waals surface area contributed by atoms with Crippen molar-refractivity contribution in [2.75, 3.05) is 13.1 Å². The van der Waals surface area contributed by atoms with Crippen molar-refractivity contribution in [2.24, 2.45) is 0 Å². The molecule has 0 amide bonds. The molecule has 0 atom stereocenters. The maximum atomic E-state index is 12.5. The number of carbonyl (C=O) groups is 2. The van der Waals surface area contributed by atoms with Gasteiger partial charge in [-0.25, -0.2) is 0 Å². The molecule has 1 N–H and O–H groups in total. The largest absolute Gasteiger partial charge is 0.462 e. The fourth-order valence-electron chi connectivity index (χ4n) is 4.64. The topological polar surface area (TPSA) is 55.4 Å². The van der Waals surface area contributed by atoms with Gasteiger partial charge in [0.1, 0.15) is 12.4 Å². The van der Waals surface area contributed by atoms with Gasteiger partial charge in [0.05, 0.1) is 0 Å². The lowest BCUT2D eigenvalue weighted by atomic mass is 10.0. The van der Waals surface area contributed by atoms with Crippen LogP contribution in [-0.2, 0) is 14.3 Å². The third kappa shape index (κ3) is 27.5. The average molecular weight is 496 g/mol. The van der Waals surface area contributed by atoms with Crippen LogP contribution in [0.5, 0.6) is 0 Å². The Morgan fingerprint density at radius 3 is 1.63 bits per heavy atom. The number of rotatable bonds is 29. The smallest absolute Gasteiger partial charge is 0.306 e. The molecule has 0 saturated heterocycles. The third-order valence-corrected chi connectivity index (χ3v) is 6.97. The number of nitrogens with one attached hydrogen (secondary N) is 1. The fraction of sp³-hybridized carbons (Fsp3) is 0.935. The molecule has 0 fully saturated rings. The SMILES string of the molecule is CCCCCCCCC(CCCCCCCC)OC(=O)CCCCCCCNCCCCCC=O. The summed E-state index contributed by atoms with van der Waals surface area (Å²) in [5.41, 5.74) is 0. The number of esters is 1. The van der Waals surface area contributed by atoms with Crippen LogP contribution in [0, 0.1) is 0 Å². The molecule has 4 heteroatoms. The number of unbranched alkanes of at least 4 members (excludes halogenated alkanes) is 17. The van der Waals surface area contributed by atoms with E-state index in [1.165, 1.54) is 96.3 Å². The lowest BCUT2D eigenvalue weighted by molar-refractivity contribution is -0.150. The summed E-state index contributed by atoms with van der Waals surface area (Å²) in [7, 11) is 0. The molecule has 0 rings (SSSR count). The van der Waals surface area contributed by atoms with E-state index in [-0.39, 0.29) is 12.1 Å². The molecular weight excluding hydrogens is 434 g/mol. The molecule has 0 bridgehead atoms. The maximum Gasteiger partial charge on any atom is 0.306 e. The Labute approximate surface area is 219 Å². The Bertz CT molecular complexity index is 425. The summed E-state index contributed by atoms with van der Waals surface area (Å²) in [6.45, 7) is 6.66. The average Bonchev–Trinajstić information content (AvgIpc) is 2.86. The van der Waals surface area contributed by atoms with Gasteiger partial charge < -0.3 is 14.8 Å². The van der Waals surface area contributed by atoms with Crippen LogP contribution in [-0.4, -0.2) is 31.4 Å². The second-order valence-electron chi connectivity index (χ2n) is 10.5. The van der Waals surface area contributed by atoms with Gasteiger partial charge >= 0.3 is 5.97 Å². The van der Waals surface area contributed by atoms with Crippen LogP contribution in [0.1, 0.15) is 168 Å². The normalized spacial score (nSPS) is 11.3. The van der Waals surface area contributed by atoms with Crippen LogP contribution in [0.3, 0.4) is 0 Å². The van der Waals surface area contributed by atoms with E-state index < -0.39 is 0 Å². The van der Waals surface area contributed by atoms with Crippen LogP contribution < -0.4 is 5.32 Å². The Morgan fingerprint density at radius 2 is 1.09 bits per heavy atom. The lowest BCUT2D eigenvalue weighted by Crippen LogP contribution is -2.18. The van der Waals surface area contributed by atoms with Crippen LogP contribution >= 0.6 is 0 Å². The molecule has 208 valence electrons. The van der Waals surface area contributed by atoms with Crippen LogP contribution in [0.25, 0.3) is 0 Å². The van der Waals surface area contributed by atoms with E-state index in [2.05, 4.69) is 19.2 Å². The first kappa shape index (κ1) is 34.1. The predicted octanol–water partition coefficient (Wildman–Crippen LogP) is 9.09. The zero-order valence-corrected chi connectivity index (χ0v) is 23.8. The highest BCUT2D eigenvalue weighted by Crippen LogP contribution is 2.18. The minimum atomic E-state index is 0.0308. The number of hydrogen-bond donors (Lipinski definition) is 1. The number of aldehydes is 1. The summed E-state index contributed by atoms with van der Waals surface area (Å²) in [6.07, 6.45) is 29.1. The fourth-order valence-corrected chi connectivity index (χ4v) is 4.64. The van der Waals surface area contributed by atoms with Gasteiger partial charge in [0.25, 0.3) is 0 Å². The zero-order chi connectivity index (χ0) is 25.7. The molecule has 4 nitrogen and oxygen atoms in total. The maximum absolute atomic E-state index is 12.5. The van der Waals surface area contributed by atoms with Crippen molar-refractivity contribution in [2.45, 2.75) is 174 Å². The summed E-state index contributed by atoms with van der Waals surface area (Å²) in [5, 5.41) is 3.49. The molecule has 0 spiro atoms. The summed E-state index contributed by atoms with van der Waals surface area (Å²) in [6, 6.07) is 0. The monoisotopic (exact) mass is 495 g/mol. The van der Waals surface area contributed by atoms with Crippen molar-refractivity contribution in [1.29, 1.82) is 0 Å². The second-order valence-corrected chi connectivity index (χ2v) is 10.5. The Kier molecular flexibility index (Phi) is 28.6. The zero-order valence-electron chi connectivity index (χ0n) is 23.8. The molecule has 0 unspecified atom stereocenters. The van der Waals surface area contributed by atoms with Gasteiger partial charge in [-0.2, -0.15) is 0 Å². The minimum Gasteiger partial charge on any atom is -0.462 e. The second kappa shape index (κ2) is 29.3. The molecule has 0 aromatic heterocycles. The van der Waals surface area contributed by atoms with Crippen molar-refractivity contribution in [3.05, 3.63) is 0 Å². The quantitative estimate of drug-likeness (QED) is 0.0638. The third-order valence-electron chi connectivity index (χ3n) is 6.97. The highest BCUT2D eigenvalue weighted by molar-refractivity contribution is 5.69. The molecule has 0 aromatic carbocycles.